The molecular weight excluding hydrogens is 198 g/mol. The zero-order valence-corrected chi connectivity index (χ0v) is 11.5. The van der Waals surface area contributed by atoms with Gasteiger partial charge < -0.3 is 10.1 Å². The van der Waals surface area contributed by atoms with E-state index < -0.39 is 0 Å². The van der Waals surface area contributed by atoms with Gasteiger partial charge in [-0.3, -0.25) is 0 Å². The second kappa shape index (κ2) is 6.61. The number of nitrogens with one attached hydrogen (secondary N) is 1. The van der Waals surface area contributed by atoms with Crippen molar-refractivity contribution in [2.45, 2.75) is 58.9 Å². The molecule has 1 rings (SSSR count). The van der Waals surface area contributed by atoms with Crippen LogP contribution in [-0.2, 0) is 4.74 Å². The first-order valence-corrected chi connectivity index (χ1v) is 6.78. The molecule has 0 aromatic heterocycles. The number of methoxy groups -OCH3 is 1. The SMILES string of the molecule is COCCCN[C@@H]1CCCC[C@H]1C(C)(C)C. The topological polar surface area (TPSA) is 21.3 Å². The Morgan fingerprint density at radius 1 is 1.19 bits per heavy atom. The second-order valence-corrected chi connectivity index (χ2v) is 6.16. The molecule has 96 valence electrons. The zero-order valence-electron chi connectivity index (χ0n) is 11.5. The Labute approximate surface area is 101 Å². The molecule has 0 saturated heterocycles. The summed E-state index contributed by atoms with van der Waals surface area (Å²) in [5.41, 5.74) is 0.444. The van der Waals surface area contributed by atoms with Crippen molar-refractivity contribution in [3.8, 4) is 0 Å². The zero-order chi connectivity index (χ0) is 12.0. The van der Waals surface area contributed by atoms with Crippen LogP contribution in [0.2, 0.25) is 0 Å². The molecule has 0 amide bonds. The fraction of sp³-hybridized carbons (Fsp3) is 1.00. The van der Waals surface area contributed by atoms with Crippen molar-refractivity contribution in [3.63, 3.8) is 0 Å². The molecule has 1 aliphatic rings. The molecule has 0 spiro atoms. The van der Waals surface area contributed by atoms with E-state index in [0.29, 0.717) is 5.41 Å². The van der Waals surface area contributed by atoms with Crippen molar-refractivity contribution in [1.29, 1.82) is 0 Å². The Kier molecular flexibility index (Phi) is 5.77. The molecule has 2 nitrogen and oxygen atoms in total. The number of rotatable bonds is 5. The molecule has 0 heterocycles. The van der Waals surface area contributed by atoms with E-state index in [-0.39, 0.29) is 0 Å². The summed E-state index contributed by atoms with van der Waals surface area (Å²) >= 11 is 0. The van der Waals surface area contributed by atoms with E-state index in [0.717, 1.165) is 31.5 Å². The van der Waals surface area contributed by atoms with Gasteiger partial charge in [0.2, 0.25) is 0 Å². The fourth-order valence-electron chi connectivity index (χ4n) is 2.92. The summed E-state index contributed by atoms with van der Waals surface area (Å²) in [5.74, 6) is 0.837. The Morgan fingerprint density at radius 3 is 2.50 bits per heavy atom. The highest BCUT2D eigenvalue weighted by Gasteiger charge is 2.33. The monoisotopic (exact) mass is 227 g/mol. The minimum atomic E-state index is 0.444. The lowest BCUT2D eigenvalue weighted by Crippen LogP contribution is -2.44. The number of ether oxygens (including phenoxy) is 1. The van der Waals surface area contributed by atoms with Crippen LogP contribution in [0.1, 0.15) is 52.9 Å². The van der Waals surface area contributed by atoms with Gasteiger partial charge in [-0.1, -0.05) is 33.6 Å². The van der Waals surface area contributed by atoms with E-state index in [4.69, 9.17) is 4.74 Å². The molecule has 1 saturated carbocycles. The molecule has 0 radical (unpaired) electrons. The molecule has 0 aliphatic heterocycles. The van der Waals surface area contributed by atoms with Crippen molar-refractivity contribution in [3.05, 3.63) is 0 Å². The average molecular weight is 227 g/mol. The van der Waals surface area contributed by atoms with E-state index in [1.807, 2.05) is 0 Å². The first kappa shape index (κ1) is 14.0. The first-order valence-electron chi connectivity index (χ1n) is 6.78. The minimum absolute atomic E-state index is 0.444. The van der Waals surface area contributed by atoms with Crippen molar-refractivity contribution in [2.75, 3.05) is 20.3 Å². The molecule has 0 aromatic rings. The average Bonchev–Trinajstić information content (AvgIpc) is 2.24. The van der Waals surface area contributed by atoms with Crippen molar-refractivity contribution >= 4 is 0 Å². The molecule has 1 fully saturated rings. The second-order valence-electron chi connectivity index (χ2n) is 6.16. The van der Waals surface area contributed by atoms with E-state index in [1.54, 1.807) is 7.11 Å². The van der Waals surface area contributed by atoms with Crippen LogP contribution in [0.5, 0.6) is 0 Å². The maximum atomic E-state index is 5.09. The van der Waals surface area contributed by atoms with Crippen LogP contribution in [0.15, 0.2) is 0 Å². The van der Waals surface area contributed by atoms with Gasteiger partial charge in [-0.2, -0.15) is 0 Å². The van der Waals surface area contributed by atoms with Gasteiger partial charge in [0.25, 0.3) is 0 Å². The van der Waals surface area contributed by atoms with E-state index >= 15 is 0 Å². The predicted octanol–water partition coefficient (Wildman–Crippen LogP) is 3.22. The highest BCUT2D eigenvalue weighted by atomic mass is 16.5. The smallest absolute Gasteiger partial charge is 0.0474 e. The molecule has 0 bridgehead atoms. The Hall–Kier alpha value is -0.0800. The third-order valence-corrected chi connectivity index (χ3v) is 3.81. The molecule has 16 heavy (non-hydrogen) atoms. The highest BCUT2D eigenvalue weighted by molar-refractivity contribution is 4.88. The van der Waals surface area contributed by atoms with Gasteiger partial charge in [-0.15, -0.1) is 0 Å². The lowest BCUT2D eigenvalue weighted by molar-refractivity contribution is 0.127. The Bertz CT molecular complexity index is 186. The molecule has 0 aromatic carbocycles. The van der Waals surface area contributed by atoms with Crippen LogP contribution in [0.25, 0.3) is 0 Å². The fourth-order valence-corrected chi connectivity index (χ4v) is 2.92. The van der Waals surface area contributed by atoms with Gasteiger partial charge in [-0.05, 0) is 37.1 Å². The van der Waals surface area contributed by atoms with Crippen LogP contribution >= 0.6 is 0 Å². The van der Waals surface area contributed by atoms with Crippen LogP contribution in [0.3, 0.4) is 0 Å². The minimum Gasteiger partial charge on any atom is -0.385 e. The third-order valence-electron chi connectivity index (χ3n) is 3.81. The van der Waals surface area contributed by atoms with Gasteiger partial charge in [0.15, 0.2) is 0 Å². The molecule has 2 heteroatoms. The van der Waals surface area contributed by atoms with E-state index in [9.17, 15) is 0 Å². The highest BCUT2D eigenvalue weighted by Crippen LogP contribution is 2.37. The Balaban J connectivity index is 2.35. The number of hydrogen-bond donors (Lipinski definition) is 1. The summed E-state index contributed by atoms with van der Waals surface area (Å²) < 4.78 is 5.09. The predicted molar refractivity (Wildman–Crippen MR) is 69.7 cm³/mol. The summed E-state index contributed by atoms with van der Waals surface area (Å²) in [4.78, 5) is 0. The van der Waals surface area contributed by atoms with E-state index in [1.165, 1.54) is 25.7 Å². The molecular formula is C14H29NO. The summed E-state index contributed by atoms with van der Waals surface area (Å²) in [6.07, 6.45) is 6.69. The molecule has 1 aliphatic carbocycles. The summed E-state index contributed by atoms with van der Waals surface area (Å²) in [6.45, 7) is 9.12. The first-order chi connectivity index (χ1) is 7.55. The van der Waals surface area contributed by atoms with Crippen molar-refractivity contribution in [2.24, 2.45) is 11.3 Å². The molecule has 0 unspecified atom stereocenters. The lowest BCUT2D eigenvalue weighted by atomic mass is 9.69. The van der Waals surface area contributed by atoms with Crippen LogP contribution < -0.4 is 5.32 Å². The van der Waals surface area contributed by atoms with Gasteiger partial charge in [0.05, 0.1) is 0 Å². The lowest BCUT2D eigenvalue weighted by Gasteiger charge is -2.41. The van der Waals surface area contributed by atoms with Crippen LogP contribution in [0, 0.1) is 11.3 Å². The molecule has 2 atom stereocenters. The summed E-state index contributed by atoms with van der Waals surface area (Å²) in [7, 11) is 1.78. The van der Waals surface area contributed by atoms with E-state index in [2.05, 4.69) is 26.1 Å². The molecule has 1 N–H and O–H groups in total. The van der Waals surface area contributed by atoms with Gasteiger partial charge in [0.1, 0.15) is 0 Å². The van der Waals surface area contributed by atoms with Crippen LogP contribution in [0.4, 0.5) is 0 Å². The van der Waals surface area contributed by atoms with Gasteiger partial charge in [0, 0.05) is 19.8 Å². The maximum absolute atomic E-state index is 5.09. The number of hydrogen-bond acceptors (Lipinski definition) is 2. The standard InChI is InChI=1S/C14H29NO/c1-14(2,3)12-8-5-6-9-13(12)15-10-7-11-16-4/h12-13,15H,5-11H2,1-4H3/t12-,13-/m1/s1. The van der Waals surface area contributed by atoms with Crippen molar-refractivity contribution < 1.29 is 4.74 Å². The van der Waals surface area contributed by atoms with Gasteiger partial charge in [-0.25, -0.2) is 0 Å². The van der Waals surface area contributed by atoms with Crippen LogP contribution in [-0.4, -0.2) is 26.3 Å². The summed E-state index contributed by atoms with van der Waals surface area (Å²) in [5, 5.41) is 3.73. The quantitative estimate of drug-likeness (QED) is 0.728. The maximum Gasteiger partial charge on any atom is 0.0474 e. The summed E-state index contributed by atoms with van der Waals surface area (Å²) in [6, 6.07) is 0.727. The van der Waals surface area contributed by atoms with Gasteiger partial charge >= 0.3 is 0 Å². The Morgan fingerprint density at radius 2 is 1.88 bits per heavy atom. The van der Waals surface area contributed by atoms with Crippen molar-refractivity contribution in [1.82, 2.24) is 5.32 Å². The third kappa shape index (κ3) is 4.42. The normalized spacial score (nSPS) is 27.0. The largest absolute Gasteiger partial charge is 0.385 e.